The molecular weight excluding hydrogens is 256 g/mol. The van der Waals surface area contributed by atoms with Crippen LogP contribution in [0.3, 0.4) is 0 Å². The average molecular weight is 284 g/mol. The average Bonchev–Trinajstić information content (AvgIpc) is 2.69. The zero-order chi connectivity index (χ0) is 15.0. The molecule has 0 aromatic rings. The normalized spacial score (nSPS) is 25.2. The number of esters is 1. The maximum absolute atomic E-state index is 11.9. The van der Waals surface area contributed by atoms with Crippen molar-refractivity contribution in [3.63, 3.8) is 0 Å². The number of rotatable bonds is 8. The molecule has 0 aromatic carbocycles. The van der Waals surface area contributed by atoms with E-state index in [2.05, 4.69) is 19.1 Å². The highest BCUT2D eigenvalue weighted by atomic mass is 16.8. The lowest BCUT2D eigenvalue weighted by Crippen LogP contribution is -2.33. The molecule has 4 nitrogen and oxygen atoms in total. The lowest BCUT2D eigenvalue weighted by atomic mass is 10.1. The van der Waals surface area contributed by atoms with E-state index in [1.165, 1.54) is 19.3 Å². The molecule has 20 heavy (non-hydrogen) atoms. The van der Waals surface area contributed by atoms with E-state index in [9.17, 15) is 4.79 Å². The zero-order valence-corrected chi connectivity index (χ0v) is 13.2. The third kappa shape index (κ3) is 5.63. The molecule has 1 aliphatic rings. The minimum absolute atomic E-state index is 0.258. The molecule has 0 aliphatic carbocycles. The zero-order valence-electron chi connectivity index (χ0n) is 13.2. The molecule has 2 atom stereocenters. The van der Waals surface area contributed by atoms with E-state index in [0.29, 0.717) is 13.0 Å². The largest absolute Gasteiger partial charge is 0.464 e. The molecule has 1 saturated heterocycles. The number of carbonyl (C=O) groups is 1. The van der Waals surface area contributed by atoms with Gasteiger partial charge < -0.3 is 14.2 Å². The fourth-order valence-corrected chi connectivity index (χ4v) is 2.29. The van der Waals surface area contributed by atoms with Gasteiger partial charge in [-0.3, -0.25) is 0 Å². The second-order valence-electron chi connectivity index (χ2n) is 5.55. The summed E-state index contributed by atoms with van der Waals surface area (Å²) in [6, 6.07) is 0. The van der Waals surface area contributed by atoms with Crippen molar-refractivity contribution in [2.75, 3.05) is 6.61 Å². The van der Waals surface area contributed by atoms with Crippen LogP contribution in [0.1, 0.15) is 59.8 Å². The summed E-state index contributed by atoms with van der Waals surface area (Å²) >= 11 is 0. The molecule has 1 heterocycles. The van der Waals surface area contributed by atoms with E-state index in [0.717, 1.165) is 6.42 Å². The van der Waals surface area contributed by atoms with Gasteiger partial charge in [-0.25, -0.2) is 4.79 Å². The molecule has 1 rings (SSSR count). The second-order valence-corrected chi connectivity index (χ2v) is 5.55. The van der Waals surface area contributed by atoms with Crippen LogP contribution >= 0.6 is 0 Å². The monoisotopic (exact) mass is 284 g/mol. The molecule has 0 saturated carbocycles. The van der Waals surface area contributed by atoms with Gasteiger partial charge in [0.25, 0.3) is 0 Å². The number of ether oxygens (including phenoxy) is 3. The Morgan fingerprint density at radius 1 is 1.20 bits per heavy atom. The van der Waals surface area contributed by atoms with Crippen LogP contribution in [0.4, 0.5) is 0 Å². The van der Waals surface area contributed by atoms with Crippen molar-refractivity contribution in [2.24, 2.45) is 0 Å². The van der Waals surface area contributed by atoms with Crippen LogP contribution < -0.4 is 0 Å². The Hall–Kier alpha value is -0.870. The smallest absolute Gasteiger partial charge is 0.338 e. The number of hydrogen-bond acceptors (Lipinski definition) is 4. The molecule has 0 N–H and O–H groups in total. The van der Waals surface area contributed by atoms with Gasteiger partial charge in [0.1, 0.15) is 6.10 Å². The van der Waals surface area contributed by atoms with Crippen LogP contribution in [0.2, 0.25) is 0 Å². The molecule has 0 unspecified atom stereocenters. The predicted octanol–water partition coefficient (Wildman–Crippen LogP) is 3.60. The van der Waals surface area contributed by atoms with Gasteiger partial charge in [0.2, 0.25) is 0 Å². The van der Waals surface area contributed by atoms with Gasteiger partial charge in [-0.1, -0.05) is 31.9 Å². The van der Waals surface area contributed by atoms with Gasteiger partial charge in [-0.15, -0.1) is 0 Å². The minimum atomic E-state index is -0.724. The van der Waals surface area contributed by atoms with Crippen LogP contribution in [-0.4, -0.2) is 30.6 Å². The van der Waals surface area contributed by atoms with Crippen molar-refractivity contribution < 1.29 is 19.0 Å². The third-order valence-electron chi connectivity index (χ3n) is 3.21. The number of hydrogen-bond donors (Lipinski definition) is 0. The summed E-state index contributed by atoms with van der Waals surface area (Å²) in [4.78, 5) is 11.9. The Morgan fingerprint density at radius 2 is 1.95 bits per heavy atom. The molecule has 0 bridgehead atoms. The van der Waals surface area contributed by atoms with E-state index in [1.54, 1.807) is 6.92 Å². The first-order valence-corrected chi connectivity index (χ1v) is 7.67. The Bertz CT molecular complexity index is 322. The predicted molar refractivity (Wildman–Crippen MR) is 78.4 cm³/mol. The van der Waals surface area contributed by atoms with Crippen molar-refractivity contribution in [1.29, 1.82) is 0 Å². The maximum Gasteiger partial charge on any atom is 0.338 e. The third-order valence-corrected chi connectivity index (χ3v) is 3.21. The SMILES string of the molecule is CCCCC/C=C\C[C@H]1OC(C)(C)O[C@@H]1C(=O)OCC. The molecular formula is C16H28O4. The van der Waals surface area contributed by atoms with Gasteiger partial charge in [0.05, 0.1) is 6.61 Å². The number of carbonyl (C=O) groups excluding carboxylic acids is 1. The minimum Gasteiger partial charge on any atom is -0.464 e. The van der Waals surface area contributed by atoms with E-state index in [1.807, 2.05) is 13.8 Å². The molecule has 0 spiro atoms. The molecule has 0 aromatic heterocycles. The lowest BCUT2D eigenvalue weighted by Gasteiger charge is -2.16. The van der Waals surface area contributed by atoms with Gasteiger partial charge in [-0.05, 0) is 40.0 Å². The van der Waals surface area contributed by atoms with E-state index in [4.69, 9.17) is 14.2 Å². The van der Waals surface area contributed by atoms with E-state index in [-0.39, 0.29) is 12.1 Å². The van der Waals surface area contributed by atoms with Crippen LogP contribution in [0.5, 0.6) is 0 Å². The van der Waals surface area contributed by atoms with Gasteiger partial charge >= 0.3 is 5.97 Å². The van der Waals surface area contributed by atoms with Crippen molar-refractivity contribution >= 4 is 5.97 Å². The first-order valence-electron chi connectivity index (χ1n) is 7.67. The fraction of sp³-hybridized carbons (Fsp3) is 0.812. The molecule has 0 radical (unpaired) electrons. The first kappa shape index (κ1) is 17.2. The Kier molecular flexibility index (Phi) is 7.24. The van der Waals surface area contributed by atoms with Crippen molar-refractivity contribution in [1.82, 2.24) is 0 Å². The van der Waals surface area contributed by atoms with Crippen LogP contribution in [0.25, 0.3) is 0 Å². The van der Waals surface area contributed by atoms with Crippen molar-refractivity contribution in [2.45, 2.75) is 77.8 Å². The van der Waals surface area contributed by atoms with E-state index < -0.39 is 11.9 Å². The van der Waals surface area contributed by atoms with Gasteiger partial charge in [0, 0.05) is 0 Å². The molecule has 116 valence electrons. The highest BCUT2D eigenvalue weighted by Crippen LogP contribution is 2.30. The summed E-state index contributed by atoms with van der Waals surface area (Å²) in [5, 5.41) is 0. The summed E-state index contributed by atoms with van der Waals surface area (Å²) in [6.07, 6.45) is 8.81. The van der Waals surface area contributed by atoms with Crippen molar-refractivity contribution in [3.8, 4) is 0 Å². The summed E-state index contributed by atoms with van der Waals surface area (Å²) in [5.41, 5.74) is 0. The number of unbranched alkanes of at least 4 members (excludes halogenated alkanes) is 3. The Balaban J connectivity index is 2.46. The maximum atomic E-state index is 11.9. The molecule has 4 heteroatoms. The van der Waals surface area contributed by atoms with Crippen LogP contribution in [0.15, 0.2) is 12.2 Å². The van der Waals surface area contributed by atoms with Crippen LogP contribution in [0, 0.1) is 0 Å². The lowest BCUT2D eigenvalue weighted by molar-refractivity contribution is -0.170. The summed E-state index contributed by atoms with van der Waals surface area (Å²) in [7, 11) is 0. The molecule has 0 amide bonds. The highest BCUT2D eigenvalue weighted by molar-refractivity contribution is 5.75. The second kappa shape index (κ2) is 8.42. The topological polar surface area (TPSA) is 44.8 Å². The van der Waals surface area contributed by atoms with Gasteiger partial charge in [-0.2, -0.15) is 0 Å². The van der Waals surface area contributed by atoms with E-state index >= 15 is 0 Å². The summed E-state index contributed by atoms with van der Waals surface area (Å²) in [6.45, 7) is 7.99. The van der Waals surface area contributed by atoms with Gasteiger partial charge in [0.15, 0.2) is 11.9 Å². The molecule has 1 aliphatic heterocycles. The Morgan fingerprint density at radius 3 is 2.60 bits per heavy atom. The highest BCUT2D eigenvalue weighted by Gasteiger charge is 2.45. The summed E-state index contributed by atoms with van der Waals surface area (Å²) < 4.78 is 16.5. The Labute approximate surface area is 122 Å². The van der Waals surface area contributed by atoms with Crippen molar-refractivity contribution in [3.05, 3.63) is 12.2 Å². The number of allylic oxidation sites excluding steroid dienone is 1. The quantitative estimate of drug-likeness (QED) is 0.388. The standard InChI is InChI=1S/C16H28O4/c1-5-7-8-9-10-11-12-13-14(15(17)18-6-2)20-16(3,4)19-13/h10-11,13-14H,5-9,12H2,1-4H3/b11-10-/t13-,14+/m1/s1. The fourth-order valence-electron chi connectivity index (χ4n) is 2.29. The summed E-state index contributed by atoms with van der Waals surface area (Å²) in [5.74, 6) is -1.06. The molecule has 1 fully saturated rings. The van der Waals surface area contributed by atoms with Crippen LogP contribution in [-0.2, 0) is 19.0 Å². The first-order chi connectivity index (χ1) is 9.50.